The van der Waals surface area contributed by atoms with Gasteiger partial charge in [0.25, 0.3) is 0 Å². The van der Waals surface area contributed by atoms with Crippen LogP contribution in [-0.2, 0) is 6.18 Å². The summed E-state index contributed by atoms with van der Waals surface area (Å²) in [4.78, 5) is 22.8. The van der Waals surface area contributed by atoms with Gasteiger partial charge in [-0.2, -0.15) is 13.2 Å². The van der Waals surface area contributed by atoms with E-state index in [9.17, 15) is 18.0 Å². The predicted octanol–water partition coefficient (Wildman–Crippen LogP) is 3.66. The smallest absolute Gasteiger partial charge is 0.434 e. The van der Waals surface area contributed by atoms with Gasteiger partial charge >= 0.3 is 12.1 Å². The Balaban J connectivity index is 1.95. The molecule has 0 radical (unpaired) electrons. The molecule has 0 fully saturated rings. The first kappa shape index (κ1) is 16.0. The van der Waals surface area contributed by atoms with E-state index in [1.54, 1.807) is 28.8 Å². The summed E-state index contributed by atoms with van der Waals surface area (Å²) >= 11 is 0. The summed E-state index contributed by atoms with van der Waals surface area (Å²) in [6, 6.07) is 7.98. The number of hydrogen-bond donors (Lipinski definition) is 1. The molecule has 4 aromatic rings. The lowest BCUT2D eigenvalue weighted by Gasteiger charge is -2.10. The molecule has 0 aliphatic carbocycles. The molecule has 130 valence electrons. The number of carboxylic acid groups (broad SMARTS) is 1. The molecule has 3 heterocycles. The molecule has 0 aliphatic rings. The van der Waals surface area contributed by atoms with Crippen LogP contribution in [0.3, 0.4) is 0 Å². The fourth-order valence-electron chi connectivity index (χ4n) is 2.70. The Morgan fingerprint density at radius 1 is 1.08 bits per heavy atom. The number of aromatic nitrogens is 4. The summed E-state index contributed by atoms with van der Waals surface area (Å²) in [6.45, 7) is 0. The van der Waals surface area contributed by atoms with E-state index in [2.05, 4.69) is 15.0 Å². The van der Waals surface area contributed by atoms with Gasteiger partial charge in [-0.25, -0.2) is 14.8 Å². The average Bonchev–Trinajstić information content (AvgIpc) is 3.09. The van der Waals surface area contributed by atoms with Crippen LogP contribution < -0.4 is 0 Å². The second kappa shape index (κ2) is 5.51. The minimum absolute atomic E-state index is 0.0564. The van der Waals surface area contributed by atoms with Gasteiger partial charge in [-0.05, 0) is 30.3 Å². The minimum atomic E-state index is -4.58. The van der Waals surface area contributed by atoms with Gasteiger partial charge in [0.1, 0.15) is 11.4 Å². The summed E-state index contributed by atoms with van der Waals surface area (Å²) < 4.78 is 39.8. The molecule has 0 bridgehead atoms. The third-order valence-corrected chi connectivity index (χ3v) is 3.89. The lowest BCUT2D eigenvalue weighted by molar-refractivity contribution is -0.141. The number of carboxylic acids is 1. The fraction of sp³-hybridized carbons (Fsp3) is 0.0588. The molecule has 3 aromatic heterocycles. The third-order valence-electron chi connectivity index (χ3n) is 3.89. The molecule has 4 rings (SSSR count). The summed E-state index contributed by atoms with van der Waals surface area (Å²) in [7, 11) is 0. The molecular formula is C17H9F3N4O2. The maximum absolute atomic E-state index is 12.7. The minimum Gasteiger partial charge on any atom is -0.478 e. The Bertz CT molecular complexity index is 1150. The molecule has 0 amide bonds. The van der Waals surface area contributed by atoms with Gasteiger partial charge in [-0.15, -0.1) is 0 Å². The number of alkyl halides is 3. The van der Waals surface area contributed by atoms with Gasteiger partial charge in [0.2, 0.25) is 0 Å². The number of benzene rings is 1. The summed E-state index contributed by atoms with van der Waals surface area (Å²) in [5, 5.41) is 9.15. The van der Waals surface area contributed by atoms with Gasteiger partial charge in [0.15, 0.2) is 5.69 Å². The highest BCUT2D eigenvalue weighted by molar-refractivity contribution is 5.94. The molecule has 1 N–H and O–H groups in total. The summed E-state index contributed by atoms with van der Waals surface area (Å²) in [5.41, 5.74) is 1.09. The third kappa shape index (κ3) is 2.53. The maximum atomic E-state index is 12.7. The number of rotatable bonds is 2. The Morgan fingerprint density at radius 2 is 1.88 bits per heavy atom. The van der Waals surface area contributed by atoms with Gasteiger partial charge < -0.3 is 9.51 Å². The second-order valence-electron chi connectivity index (χ2n) is 5.52. The number of fused-ring (bicyclic) bond motifs is 3. The summed E-state index contributed by atoms with van der Waals surface area (Å²) in [5.74, 6) is -1.10. The van der Waals surface area contributed by atoms with E-state index in [0.29, 0.717) is 28.4 Å². The van der Waals surface area contributed by atoms with Crippen LogP contribution in [0, 0.1) is 0 Å². The van der Waals surface area contributed by atoms with Crippen molar-refractivity contribution in [1.29, 1.82) is 0 Å². The number of halogens is 3. The SMILES string of the molecule is O=C(O)c1ccc2c(c1)nc(-c1cnc(C(F)(F)F)cn1)c1cccn12. The van der Waals surface area contributed by atoms with Crippen LogP contribution >= 0.6 is 0 Å². The van der Waals surface area contributed by atoms with Crippen molar-refractivity contribution < 1.29 is 23.1 Å². The van der Waals surface area contributed by atoms with Gasteiger partial charge in [0, 0.05) is 6.20 Å². The molecule has 1 aromatic carbocycles. The molecule has 9 heteroatoms. The predicted molar refractivity (Wildman–Crippen MR) is 85.7 cm³/mol. The molecule has 0 spiro atoms. The van der Waals surface area contributed by atoms with Crippen molar-refractivity contribution in [1.82, 2.24) is 19.4 Å². The van der Waals surface area contributed by atoms with Crippen LogP contribution in [0.15, 0.2) is 48.9 Å². The van der Waals surface area contributed by atoms with E-state index in [-0.39, 0.29) is 11.3 Å². The normalized spacial score (nSPS) is 12.0. The van der Waals surface area contributed by atoms with Crippen molar-refractivity contribution in [2.75, 3.05) is 0 Å². The van der Waals surface area contributed by atoms with Crippen LogP contribution in [0.1, 0.15) is 16.1 Å². The zero-order valence-electron chi connectivity index (χ0n) is 12.9. The van der Waals surface area contributed by atoms with E-state index in [4.69, 9.17) is 5.11 Å². The number of nitrogens with zero attached hydrogens (tertiary/aromatic N) is 4. The number of aromatic carboxylic acids is 1. The quantitative estimate of drug-likeness (QED) is 0.591. The average molecular weight is 358 g/mol. The zero-order chi connectivity index (χ0) is 18.5. The fourth-order valence-corrected chi connectivity index (χ4v) is 2.70. The highest BCUT2D eigenvalue weighted by Gasteiger charge is 2.32. The molecule has 6 nitrogen and oxygen atoms in total. The molecule has 0 saturated carbocycles. The first-order chi connectivity index (χ1) is 12.3. The Hall–Kier alpha value is -3.49. The van der Waals surface area contributed by atoms with E-state index < -0.39 is 17.8 Å². The van der Waals surface area contributed by atoms with Gasteiger partial charge in [-0.3, -0.25) is 4.98 Å². The van der Waals surface area contributed by atoms with E-state index >= 15 is 0 Å². The second-order valence-corrected chi connectivity index (χ2v) is 5.52. The van der Waals surface area contributed by atoms with Crippen LogP contribution in [-0.4, -0.2) is 30.4 Å². The van der Waals surface area contributed by atoms with Crippen LogP contribution in [0.4, 0.5) is 13.2 Å². The van der Waals surface area contributed by atoms with Crippen molar-refractivity contribution in [2.45, 2.75) is 6.18 Å². The lowest BCUT2D eigenvalue weighted by atomic mass is 10.1. The zero-order valence-corrected chi connectivity index (χ0v) is 12.9. The van der Waals surface area contributed by atoms with Gasteiger partial charge in [-0.1, -0.05) is 0 Å². The molecule has 0 unspecified atom stereocenters. The van der Waals surface area contributed by atoms with Crippen molar-refractivity contribution >= 4 is 22.5 Å². The standard InChI is InChI=1S/C17H9F3N4O2/c18-17(19,20)14-8-21-11(7-22-14)15-13-2-1-5-24(13)12-4-3-9(16(25)26)6-10(12)23-15/h1-8H,(H,25,26). The van der Waals surface area contributed by atoms with Crippen molar-refractivity contribution in [3.8, 4) is 11.4 Å². The largest absolute Gasteiger partial charge is 0.478 e. The molecular weight excluding hydrogens is 349 g/mol. The van der Waals surface area contributed by atoms with Gasteiger partial charge in [0.05, 0.1) is 34.5 Å². The molecule has 0 atom stereocenters. The van der Waals surface area contributed by atoms with Crippen molar-refractivity contribution in [2.24, 2.45) is 0 Å². The van der Waals surface area contributed by atoms with Crippen LogP contribution in [0.25, 0.3) is 27.9 Å². The Kier molecular flexibility index (Phi) is 3.39. The van der Waals surface area contributed by atoms with Crippen molar-refractivity contribution in [3.05, 3.63) is 60.2 Å². The first-order valence-electron chi connectivity index (χ1n) is 7.38. The van der Waals surface area contributed by atoms with Crippen LogP contribution in [0.2, 0.25) is 0 Å². The molecule has 26 heavy (non-hydrogen) atoms. The monoisotopic (exact) mass is 358 g/mol. The molecule has 0 aliphatic heterocycles. The first-order valence-corrected chi connectivity index (χ1v) is 7.38. The van der Waals surface area contributed by atoms with E-state index in [1.165, 1.54) is 12.1 Å². The lowest BCUT2D eigenvalue weighted by Crippen LogP contribution is -2.08. The summed E-state index contributed by atoms with van der Waals surface area (Å²) in [6.07, 6.45) is -1.18. The number of carbonyl (C=O) groups is 1. The highest BCUT2D eigenvalue weighted by atomic mass is 19.4. The maximum Gasteiger partial charge on any atom is 0.434 e. The highest BCUT2D eigenvalue weighted by Crippen LogP contribution is 2.29. The van der Waals surface area contributed by atoms with E-state index in [0.717, 1.165) is 6.20 Å². The van der Waals surface area contributed by atoms with E-state index in [1.807, 2.05) is 0 Å². The topological polar surface area (TPSA) is 80.4 Å². The molecule has 0 saturated heterocycles. The number of hydrogen-bond acceptors (Lipinski definition) is 4. The Morgan fingerprint density at radius 3 is 2.54 bits per heavy atom. The van der Waals surface area contributed by atoms with Crippen LogP contribution in [0.5, 0.6) is 0 Å². The Labute approximate surface area is 143 Å². The van der Waals surface area contributed by atoms with Crippen molar-refractivity contribution in [3.63, 3.8) is 0 Å².